The van der Waals surface area contributed by atoms with E-state index in [0.29, 0.717) is 5.56 Å². The van der Waals surface area contributed by atoms with E-state index in [0.717, 1.165) is 6.26 Å². The van der Waals surface area contributed by atoms with Crippen molar-refractivity contribution in [2.75, 3.05) is 19.4 Å². The standard InChI is InChI=1S/C12H16FNO3S/c1-18(16,17)11-10(12(11,6-14)7-15)8-3-2-4-9(13)5-8/h2-5,10-11,15H,6-7,14H2,1H3/t10-,11+,12-/m0/s1. The molecule has 0 radical (unpaired) electrons. The van der Waals surface area contributed by atoms with Crippen molar-refractivity contribution in [2.45, 2.75) is 11.2 Å². The van der Waals surface area contributed by atoms with E-state index in [4.69, 9.17) is 5.73 Å². The van der Waals surface area contributed by atoms with Crippen LogP contribution in [0.25, 0.3) is 0 Å². The van der Waals surface area contributed by atoms with E-state index in [2.05, 4.69) is 0 Å². The Kier molecular flexibility index (Phi) is 3.21. The molecule has 2 rings (SSSR count). The van der Waals surface area contributed by atoms with E-state index < -0.39 is 32.2 Å². The second-order valence-electron chi connectivity index (χ2n) is 4.88. The average molecular weight is 273 g/mol. The Balaban J connectivity index is 2.45. The molecule has 0 heterocycles. The lowest BCUT2D eigenvalue weighted by molar-refractivity contribution is 0.212. The first-order valence-corrected chi connectivity index (χ1v) is 7.57. The zero-order valence-electron chi connectivity index (χ0n) is 10.0. The van der Waals surface area contributed by atoms with Crippen LogP contribution in [0.5, 0.6) is 0 Å². The minimum atomic E-state index is -3.33. The summed E-state index contributed by atoms with van der Waals surface area (Å²) in [6.07, 6.45) is 1.12. The fourth-order valence-corrected chi connectivity index (χ4v) is 4.84. The summed E-state index contributed by atoms with van der Waals surface area (Å²) in [4.78, 5) is 0. The normalized spacial score (nSPS) is 31.3. The fraction of sp³-hybridized carbons (Fsp3) is 0.500. The van der Waals surface area contributed by atoms with Crippen LogP contribution in [-0.4, -0.2) is 38.2 Å². The number of nitrogens with two attached hydrogens (primary N) is 1. The van der Waals surface area contributed by atoms with Gasteiger partial charge >= 0.3 is 0 Å². The van der Waals surface area contributed by atoms with E-state index in [1.165, 1.54) is 18.2 Å². The number of hydrogen-bond donors (Lipinski definition) is 2. The van der Waals surface area contributed by atoms with Gasteiger partial charge in [0.1, 0.15) is 5.82 Å². The van der Waals surface area contributed by atoms with Gasteiger partial charge in [-0.1, -0.05) is 12.1 Å². The topological polar surface area (TPSA) is 80.4 Å². The van der Waals surface area contributed by atoms with Crippen molar-refractivity contribution in [3.8, 4) is 0 Å². The predicted octanol–water partition coefficient (Wildman–Crippen LogP) is 0.274. The summed E-state index contributed by atoms with van der Waals surface area (Å²) in [6.45, 7) is -0.259. The lowest BCUT2D eigenvalue weighted by Gasteiger charge is -2.11. The highest BCUT2D eigenvalue weighted by Gasteiger charge is 2.68. The van der Waals surface area contributed by atoms with Crippen molar-refractivity contribution in [2.24, 2.45) is 11.1 Å². The Hall–Kier alpha value is -0.980. The van der Waals surface area contributed by atoms with Crippen molar-refractivity contribution in [3.63, 3.8) is 0 Å². The zero-order valence-corrected chi connectivity index (χ0v) is 10.8. The van der Waals surface area contributed by atoms with Crippen molar-refractivity contribution >= 4 is 9.84 Å². The third kappa shape index (κ3) is 1.94. The van der Waals surface area contributed by atoms with Crippen LogP contribution in [0.1, 0.15) is 11.5 Å². The minimum Gasteiger partial charge on any atom is -0.396 e. The van der Waals surface area contributed by atoms with Crippen molar-refractivity contribution in [1.29, 1.82) is 0 Å². The maximum atomic E-state index is 13.2. The molecule has 1 aliphatic carbocycles. The highest BCUT2D eigenvalue weighted by atomic mass is 32.2. The van der Waals surface area contributed by atoms with Gasteiger partial charge in [0.05, 0.1) is 11.9 Å². The first-order chi connectivity index (χ1) is 8.36. The molecule has 1 fully saturated rings. The summed E-state index contributed by atoms with van der Waals surface area (Å²) in [7, 11) is -3.33. The van der Waals surface area contributed by atoms with Gasteiger partial charge in [-0.15, -0.1) is 0 Å². The SMILES string of the molecule is CS(=O)(=O)[C@@H]1[C@H](c2cccc(F)c2)[C@]1(CN)CO. The van der Waals surface area contributed by atoms with Crippen LogP contribution in [0.15, 0.2) is 24.3 Å². The molecule has 0 amide bonds. The van der Waals surface area contributed by atoms with Crippen LogP contribution in [0.3, 0.4) is 0 Å². The van der Waals surface area contributed by atoms with Gasteiger partial charge in [0.25, 0.3) is 0 Å². The molecule has 3 N–H and O–H groups in total. The predicted molar refractivity (Wildman–Crippen MR) is 66.3 cm³/mol. The molecule has 18 heavy (non-hydrogen) atoms. The first kappa shape index (κ1) is 13.5. The number of aliphatic hydroxyl groups is 1. The molecular weight excluding hydrogens is 257 g/mol. The van der Waals surface area contributed by atoms with Crippen LogP contribution in [0.4, 0.5) is 4.39 Å². The molecule has 3 atom stereocenters. The van der Waals surface area contributed by atoms with Gasteiger partial charge in [0.15, 0.2) is 9.84 Å². The average Bonchev–Trinajstić information content (AvgIpc) is 2.98. The van der Waals surface area contributed by atoms with Crippen LogP contribution in [-0.2, 0) is 9.84 Å². The molecule has 0 saturated heterocycles. The second kappa shape index (κ2) is 4.29. The monoisotopic (exact) mass is 273 g/mol. The third-order valence-corrected chi connectivity index (χ3v) is 5.39. The molecule has 0 aromatic heterocycles. The third-order valence-electron chi connectivity index (χ3n) is 3.72. The Labute approximate surface area is 106 Å². The summed E-state index contributed by atoms with van der Waals surface area (Å²) in [5, 5.41) is 8.72. The number of benzene rings is 1. The number of sulfone groups is 1. The summed E-state index contributed by atoms with van der Waals surface area (Å²) in [5.74, 6) is -0.853. The summed E-state index contributed by atoms with van der Waals surface area (Å²) < 4.78 is 36.7. The van der Waals surface area contributed by atoms with Gasteiger partial charge in [0.2, 0.25) is 0 Å². The largest absolute Gasteiger partial charge is 0.396 e. The molecule has 6 heteroatoms. The Bertz CT molecular complexity index is 554. The highest BCUT2D eigenvalue weighted by Crippen LogP contribution is 2.61. The summed E-state index contributed by atoms with van der Waals surface area (Å²) in [6, 6.07) is 5.79. The molecular formula is C12H16FNO3S. The van der Waals surface area contributed by atoms with Gasteiger partial charge in [-0.3, -0.25) is 0 Å². The molecule has 0 aliphatic heterocycles. The van der Waals surface area contributed by atoms with Crippen LogP contribution in [0.2, 0.25) is 0 Å². The molecule has 4 nitrogen and oxygen atoms in total. The zero-order chi connectivity index (χ0) is 13.6. The molecule has 0 bridgehead atoms. The van der Waals surface area contributed by atoms with Crippen molar-refractivity contribution < 1.29 is 17.9 Å². The molecule has 1 aromatic carbocycles. The number of halogens is 1. The Morgan fingerprint density at radius 1 is 1.50 bits per heavy atom. The molecule has 0 spiro atoms. The lowest BCUT2D eigenvalue weighted by atomic mass is 10.00. The molecule has 100 valence electrons. The second-order valence-corrected chi connectivity index (χ2v) is 7.05. The van der Waals surface area contributed by atoms with Crippen molar-refractivity contribution in [1.82, 2.24) is 0 Å². The molecule has 0 unspecified atom stereocenters. The number of hydrogen-bond acceptors (Lipinski definition) is 4. The number of rotatable bonds is 4. The van der Waals surface area contributed by atoms with Gasteiger partial charge in [-0.05, 0) is 17.7 Å². The summed E-state index contributed by atoms with van der Waals surface area (Å²) >= 11 is 0. The molecule has 1 aliphatic rings. The van der Waals surface area contributed by atoms with Gasteiger partial charge in [-0.2, -0.15) is 0 Å². The van der Waals surface area contributed by atoms with Gasteiger partial charge in [0, 0.05) is 24.1 Å². The molecule has 1 saturated carbocycles. The fourth-order valence-electron chi connectivity index (χ4n) is 2.83. The maximum absolute atomic E-state index is 13.2. The quantitative estimate of drug-likeness (QED) is 0.825. The van der Waals surface area contributed by atoms with Crippen LogP contribution in [0, 0.1) is 11.2 Å². The Morgan fingerprint density at radius 3 is 2.56 bits per heavy atom. The smallest absolute Gasteiger partial charge is 0.151 e. The number of aliphatic hydroxyl groups excluding tert-OH is 1. The van der Waals surface area contributed by atoms with Crippen molar-refractivity contribution in [3.05, 3.63) is 35.6 Å². The van der Waals surface area contributed by atoms with E-state index in [1.807, 2.05) is 0 Å². The van der Waals surface area contributed by atoms with Gasteiger partial charge < -0.3 is 10.8 Å². The van der Waals surface area contributed by atoms with Crippen LogP contribution < -0.4 is 5.73 Å². The summed E-state index contributed by atoms with van der Waals surface area (Å²) in [5.41, 5.74) is 5.31. The highest BCUT2D eigenvalue weighted by molar-refractivity contribution is 7.91. The first-order valence-electron chi connectivity index (χ1n) is 5.62. The van der Waals surface area contributed by atoms with E-state index in [9.17, 15) is 17.9 Å². The lowest BCUT2D eigenvalue weighted by Crippen LogP contribution is -2.27. The van der Waals surface area contributed by atoms with E-state index in [-0.39, 0.29) is 13.2 Å². The van der Waals surface area contributed by atoms with E-state index >= 15 is 0 Å². The Morgan fingerprint density at radius 2 is 2.17 bits per heavy atom. The minimum absolute atomic E-state index is 0.0580. The molecule has 1 aromatic rings. The van der Waals surface area contributed by atoms with Gasteiger partial charge in [-0.25, -0.2) is 12.8 Å². The van der Waals surface area contributed by atoms with E-state index in [1.54, 1.807) is 6.07 Å². The maximum Gasteiger partial charge on any atom is 0.151 e. The van der Waals surface area contributed by atoms with Crippen LogP contribution >= 0.6 is 0 Å².